The molecule has 0 N–H and O–H groups in total. The van der Waals surface area contributed by atoms with E-state index in [1.165, 1.54) is 4.90 Å². The van der Waals surface area contributed by atoms with Gasteiger partial charge in [-0.05, 0) is 32.9 Å². The van der Waals surface area contributed by atoms with Crippen molar-refractivity contribution in [3.63, 3.8) is 0 Å². The molecular weight excluding hydrogens is 328 g/mol. The van der Waals surface area contributed by atoms with Crippen LogP contribution in [0.15, 0.2) is 17.0 Å². The van der Waals surface area contributed by atoms with Crippen LogP contribution >= 0.6 is 22.3 Å². The molecule has 0 fully saturated rings. The Morgan fingerprint density at radius 1 is 1.40 bits per heavy atom. The molecule has 8 heteroatoms. The van der Waals surface area contributed by atoms with E-state index in [0.717, 1.165) is 12.1 Å². The van der Waals surface area contributed by atoms with Gasteiger partial charge in [0.1, 0.15) is 10.7 Å². The zero-order valence-electron chi connectivity index (χ0n) is 11.2. The van der Waals surface area contributed by atoms with Crippen LogP contribution < -0.4 is 0 Å². The fourth-order valence-electron chi connectivity index (χ4n) is 1.78. The number of hydrogen-bond donors (Lipinski definition) is 0. The van der Waals surface area contributed by atoms with Gasteiger partial charge in [-0.1, -0.05) is 11.6 Å². The van der Waals surface area contributed by atoms with E-state index in [9.17, 15) is 17.6 Å². The number of amides is 1. The van der Waals surface area contributed by atoms with E-state index in [4.69, 9.17) is 22.3 Å². The van der Waals surface area contributed by atoms with Crippen LogP contribution in [0.2, 0.25) is 5.02 Å². The van der Waals surface area contributed by atoms with E-state index in [0.29, 0.717) is 6.54 Å². The lowest BCUT2D eigenvalue weighted by Gasteiger charge is -2.25. The summed E-state index contributed by atoms with van der Waals surface area (Å²) in [6.45, 7) is 5.65. The first-order valence-electron chi connectivity index (χ1n) is 5.84. The number of halogens is 3. The molecule has 0 saturated carbocycles. The first-order chi connectivity index (χ1) is 9.09. The van der Waals surface area contributed by atoms with Gasteiger partial charge >= 0.3 is 0 Å². The van der Waals surface area contributed by atoms with Crippen LogP contribution in [-0.4, -0.2) is 31.8 Å². The monoisotopic (exact) mass is 341 g/mol. The Morgan fingerprint density at radius 2 is 1.95 bits per heavy atom. The van der Waals surface area contributed by atoms with Crippen LogP contribution in [0.4, 0.5) is 4.39 Å². The predicted octanol–water partition coefficient (Wildman–Crippen LogP) is 3.28. The highest BCUT2D eigenvalue weighted by Crippen LogP contribution is 2.28. The molecule has 1 aromatic carbocycles. The fraction of sp³-hybridized carbons (Fsp3) is 0.417. The molecule has 0 aliphatic heterocycles. The first kappa shape index (κ1) is 17.2. The molecule has 112 valence electrons. The van der Waals surface area contributed by atoms with Crippen LogP contribution in [0.3, 0.4) is 0 Å². The summed E-state index contributed by atoms with van der Waals surface area (Å²) in [6.07, 6.45) is 0. The highest BCUT2D eigenvalue weighted by molar-refractivity contribution is 8.13. The quantitative estimate of drug-likeness (QED) is 0.789. The number of carbonyl (C=O) groups excluding carboxylic acids is 1. The van der Waals surface area contributed by atoms with Crippen molar-refractivity contribution in [2.45, 2.75) is 31.7 Å². The molecular formula is C12H14Cl2FNO3S. The predicted molar refractivity (Wildman–Crippen MR) is 76.3 cm³/mol. The van der Waals surface area contributed by atoms with Crippen molar-refractivity contribution in [2.75, 3.05) is 6.54 Å². The lowest BCUT2D eigenvalue weighted by Crippen LogP contribution is -2.37. The first-order valence-corrected chi connectivity index (χ1v) is 8.53. The van der Waals surface area contributed by atoms with Gasteiger partial charge in [-0.3, -0.25) is 4.79 Å². The molecule has 0 saturated heterocycles. The van der Waals surface area contributed by atoms with E-state index in [1.807, 2.05) is 0 Å². The average molecular weight is 342 g/mol. The molecule has 0 unspecified atom stereocenters. The number of nitrogens with zero attached hydrogens (tertiary/aromatic N) is 1. The van der Waals surface area contributed by atoms with E-state index >= 15 is 0 Å². The Labute approximate surface area is 126 Å². The molecule has 0 aliphatic rings. The smallest absolute Gasteiger partial charge is 0.262 e. The van der Waals surface area contributed by atoms with E-state index < -0.39 is 25.7 Å². The molecule has 1 rings (SSSR count). The highest BCUT2D eigenvalue weighted by atomic mass is 35.7. The summed E-state index contributed by atoms with van der Waals surface area (Å²) in [6, 6.07) is 1.49. The molecule has 0 spiro atoms. The molecule has 0 atom stereocenters. The summed E-state index contributed by atoms with van der Waals surface area (Å²) >= 11 is 5.64. The SMILES string of the molecule is CCN(C(=O)c1cc(S(=O)(=O)Cl)c(Cl)cc1F)C(C)C. The lowest BCUT2D eigenvalue weighted by molar-refractivity contribution is 0.0712. The van der Waals surface area contributed by atoms with Crippen LogP contribution in [0.1, 0.15) is 31.1 Å². The summed E-state index contributed by atoms with van der Waals surface area (Å²) in [7, 11) is 1.05. The molecule has 20 heavy (non-hydrogen) atoms. The maximum Gasteiger partial charge on any atom is 0.262 e. The molecule has 0 aromatic heterocycles. The number of carbonyl (C=O) groups is 1. The summed E-state index contributed by atoms with van der Waals surface area (Å²) in [5, 5.41) is -0.360. The van der Waals surface area contributed by atoms with Crippen molar-refractivity contribution in [2.24, 2.45) is 0 Å². The molecule has 0 heterocycles. The van der Waals surface area contributed by atoms with Crippen molar-refractivity contribution in [1.29, 1.82) is 0 Å². The van der Waals surface area contributed by atoms with Gasteiger partial charge in [-0.15, -0.1) is 0 Å². The van der Waals surface area contributed by atoms with Crippen LogP contribution in [0.25, 0.3) is 0 Å². The van der Waals surface area contributed by atoms with Gasteiger partial charge in [0, 0.05) is 23.3 Å². The third kappa shape index (κ3) is 3.62. The van der Waals surface area contributed by atoms with Gasteiger partial charge in [0.05, 0.1) is 10.6 Å². The van der Waals surface area contributed by atoms with Crippen molar-refractivity contribution in [1.82, 2.24) is 4.90 Å². The third-order valence-corrected chi connectivity index (χ3v) is 4.53. The van der Waals surface area contributed by atoms with Crippen molar-refractivity contribution in [3.05, 3.63) is 28.5 Å². The highest BCUT2D eigenvalue weighted by Gasteiger charge is 2.25. The van der Waals surface area contributed by atoms with E-state index in [2.05, 4.69) is 0 Å². The molecule has 0 radical (unpaired) electrons. The minimum atomic E-state index is -4.16. The standard InChI is InChI=1S/C12H14Cl2FNO3S/c1-4-16(7(2)3)12(17)8-5-11(20(14,18)19)9(13)6-10(8)15/h5-7H,4H2,1-3H3. The Hall–Kier alpha value is -0.850. The summed E-state index contributed by atoms with van der Waals surface area (Å²) in [5.74, 6) is -1.50. The average Bonchev–Trinajstić information content (AvgIpc) is 2.27. The second kappa shape index (κ2) is 6.28. The minimum Gasteiger partial charge on any atom is -0.336 e. The van der Waals surface area contributed by atoms with Gasteiger partial charge in [-0.25, -0.2) is 12.8 Å². The summed E-state index contributed by atoms with van der Waals surface area (Å²) in [5.41, 5.74) is -0.371. The van der Waals surface area contributed by atoms with Gasteiger partial charge < -0.3 is 4.90 Å². The Kier molecular flexibility index (Phi) is 5.40. The number of rotatable bonds is 4. The third-order valence-electron chi connectivity index (χ3n) is 2.74. The van der Waals surface area contributed by atoms with E-state index in [-0.39, 0.29) is 16.6 Å². The summed E-state index contributed by atoms with van der Waals surface area (Å²) < 4.78 is 36.6. The minimum absolute atomic E-state index is 0.154. The second-order valence-corrected chi connectivity index (χ2v) is 7.33. The number of benzene rings is 1. The largest absolute Gasteiger partial charge is 0.336 e. The Morgan fingerprint density at radius 3 is 2.35 bits per heavy atom. The zero-order valence-corrected chi connectivity index (χ0v) is 13.5. The Bertz CT molecular complexity index is 632. The summed E-state index contributed by atoms with van der Waals surface area (Å²) in [4.78, 5) is 13.2. The van der Waals surface area contributed by atoms with Crippen LogP contribution in [-0.2, 0) is 9.05 Å². The van der Waals surface area contributed by atoms with Gasteiger partial charge in [0.15, 0.2) is 0 Å². The zero-order chi connectivity index (χ0) is 15.7. The lowest BCUT2D eigenvalue weighted by atomic mass is 10.1. The van der Waals surface area contributed by atoms with Crippen LogP contribution in [0.5, 0.6) is 0 Å². The maximum atomic E-state index is 13.9. The fourth-order valence-corrected chi connectivity index (χ4v) is 3.28. The molecule has 4 nitrogen and oxygen atoms in total. The number of hydrogen-bond acceptors (Lipinski definition) is 3. The van der Waals surface area contributed by atoms with Gasteiger partial charge in [-0.2, -0.15) is 0 Å². The molecule has 1 amide bonds. The van der Waals surface area contributed by atoms with Crippen molar-refractivity contribution >= 4 is 37.2 Å². The second-order valence-electron chi connectivity index (χ2n) is 4.39. The van der Waals surface area contributed by atoms with Crippen molar-refractivity contribution in [3.8, 4) is 0 Å². The maximum absolute atomic E-state index is 13.9. The van der Waals surface area contributed by atoms with Gasteiger partial charge in [0.2, 0.25) is 0 Å². The molecule has 0 bridgehead atoms. The van der Waals surface area contributed by atoms with Crippen LogP contribution in [0, 0.1) is 5.82 Å². The molecule has 1 aromatic rings. The van der Waals surface area contributed by atoms with Crippen molar-refractivity contribution < 1.29 is 17.6 Å². The normalized spacial score (nSPS) is 11.8. The van der Waals surface area contributed by atoms with E-state index in [1.54, 1.807) is 20.8 Å². The van der Waals surface area contributed by atoms with Gasteiger partial charge in [0.25, 0.3) is 15.0 Å². The Balaban J connectivity index is 3.43. The topological polar surface area (TPSA) is 54.5 Å². The molecule has 0 aliphatic carbocycles.